The fraction of sp³-hybridized carbons (Fsp3) is 0.316. The maximum atomic E-state index is 12.8. The van der Waals surface area contributed by atoms with Crippen molar-refractivity contribution in [2.75, 3.05) is 17.7 Å². The van der Waals surface area contributed by atoms with E-state index in [0.717, 1.165) is 16.1 Å². The molecule has 1 N–H and O–H groups in total. The minimum absolute atomic E-state index is 0.201. The zero-order valence-corrected chi connectivity index (χ0v) is 18.3. The molecule has 0 radical (unpaired) electrons. The summed E-state index contributed by atoms with van der Waals surface area (Å²) in [6, 6.07) is 10.3. The molecule has 6 nitrogen and oxygen atoms in total. The topological polar surface area (TPSA) is 75.7 Å². The van der Waals surface area contributed by atoms with Gasteiger partial charge in [0.1, 0.15) is 11.8 Å². The predicted molar refractivity (Wildman–Crippen MR) is 113 cm³/mol. The smallest absolute Gasteiger partial charge is 0.244 e. The zero-order chi connectivity index (χ0) is 21.1. The summed E-state index contributed by atoms with van der Waals surface area (Å²) in [6.07, 6.45) is 1.03. The number of nitrogens with zero attached hydrogens (tertiary/aromatic N) is 1. The van der Waals surface area contributed by atoms with Gasteiger partial charge in [-0.05, 0) is 49.7 Å². The van der Waals surface area contributed by atoms with Crippen molar-refractivity contribution in [3.05, 3.63) is 58.1 Å². The molecule has 2 aromatic rings. The average Bonchev–Trinajstić information content (AvgIpc) is 2.63. The molecule has 0 fully saturated rings. The van der Waals surface area contributed by atoms with Crippen molar-refractivity contribution < 1.29 is 17.9 Å². The number of ether oxygens (including phenoxy) is 1. The molecule has 0 aromatic heterocycles. The normalized spacial score (nSPS) is 13.5. The molecule has 28 heavy (non-hydrogen) atoms. The molecule has 0 aliphatic rings. The number of nitrogens with one attached hydrogen (secondary N) is 1. The largest absolute Gasteiger partial charge is 0.497 e. The molecule has 0 saturated heterocycles. The number of carbonyl (C=O) groups is 1. The van der Waals surface area contributed by atoms with E-state index in [1.807, 2.05) is 19.1 Å². The second kappa shape index (κ2) is 9.03. The van der Waals surface area contributed by atoms with Crippen molar-refractivity contribution in [3.8, 4) is 5.75 Å². The van der Waals surface area contributed by atoms with Gasteiger partial charge in [0.05, 0.1) is 35.1 Å². The van der Waals surface area contributed by atoms with Gasteiger partial charge < -0.3 is 10.1 Å². The van der Waals surface area contributed by atoms with Crippen LogP contribution in [0.15, 0.2) is 42.5 Å². The molecule has 0 spiro atoms. The van der Waals surface area contributed by atoms with E-state index in [0.29, 0.717) is 10.8 Å². The third-order valence-electron chi connectivity index (χ3n) is 4.22. The first-order valence-electron chi connectivity index (χ1n) is 8.43. The number of sulfonamides is 1. The number of halogens is 2. The van der Waals surface area contributed by atoms with Crippen LogP contribution in [0.5, 0.6) is 5.75 Å². The summed E-state index contributed by atoms with van der Waals surface area (Å²) >= 11 is 11.9. The van der Waals surface area contributed by atoms with Crippen molar-refractivity contribution >= 4 is 44.8 Å². The van der Waals surface area contributed by atoms with Gasteiger partial charge in [-0.1, -0.05) is 35.3 Å². The van der Waals surface area contributed by atoms with E-state index in [4.69, 9.17) is 27.9 Å². The summed E-state index contributed by atoms with van der Waals surface area (Å²) in [5.41, 5.74) is 1.12. The summed E-state index contributed by atoms with van der Waals surface area (Å²) in [6.45, 7) is 3.33. The van der Waals surface area contributed by atoms with Crippen LogP contribution < -0.4 is 14.4 Å². The van der Waals surface area contributed by atoms with E-state index in [2.05, 4.69) is 5.32 Å². The molecule has 152 valence electrons. The van der Waals surface area contributed by atoms with Gasteiger partial charge in [0, 0.05) is 0 Å². The van der Waals surface area contributed by atoms with Gasteiger partial charge >= 0.3 is 0 Å². The summed E-state index contributed by atoms with van der Waals surface area (Å²) < 4.78 is 30.9. The second-order valence-corrected chi connectivity index (χ2v) is 9.01. The van der Waals surface area contributed by atoms with Crippen molar-refractivity contribution in [1.82, 2.24) is 5.32 Å². The maximum Gasteiger partial charge on any atom is 0.244 e. The zero-order valence-electron chi connectivity index (χ0n) is 15.9. The highest BCUT2D eigenvalue weighted by Gasteiger charge is 2.30. The molecular weight excluding hydrogens is 423 g/mol. The minimum Gasteiger partial charge on any atom is -0.497 e. The first-order valence-corrected chi connectivity index (χ1v) is 11.0. The van der Waals surface area contributed by atoms with Crippen LogP contribution in [-0.4, -0.2) is 33.7 Å². The standard InChI is InChI=1S/C19H22Cl2N2O4S/c1-12(14-5-8-16(27-3)9-6-14)22-19(24)13(2)23(28(4,25)26)15-7-10-17(20)18(21)11-15/h5-13H,1-4H3,(H,22,24)/t12-,13-/m0/s1. The van der Waals surface area contributed by atoms with Gasteiger partial charge in [-0.2, -0.15) is 0 Å². The molecule has 0 saturated carbocycles. The first kappa shape index (κ1) is 22.3. The number of anilines is 1. The predicted octanol–water partition coefficient (Wildman–Crippen LogP) is 4.03. The fourth-order valence-electron chi connectivity index (χ4n) is 2.74. The Bertz CT molecular complexity index is 949. The molecule has 2 rings (SSSR count). The van der Waals surface area contributed by atoms with Gasteiger partial charge in [0.2, 0.25) is 15.9 Å². The Balaban J connectivity index is 2.24. The molecule has 2 atom stereocenters. The van der Waals surface area contributed by atoms with Crippen LogP contribution in [0.25, 0.3) is 0 Å². The van der Waals surface area contributed by atoms with Crippen molar-refractivity contribution in [3.63, 3.8) is 0 Å². The number of benzene rings is 2. The number of methoxy groups -OCH3 is 1. The van der Waals surface area contributed by atoms with Gasteiger partial charge in [0.15, 0.2) is 0 Å². The Kier molecular flexibility index (Phi) is 7.20. The lowest BCUT2D eigenvalue weighted by Crippen LogP contribution is -2.48. The van der Waals surface area contributed by atoms with Crippen LogP contribution in [0.1, 0.15) is 25.5 Å². The highest BCUT2D eigenvalue weighted by molar-refractivity contribution is 7.92. The SMILES string of the molecule is COc1ccc([C@H](C)NC(=O)[C@H](C)N(c2ccc(Cl)c(Cl)c2)S(C)(=O)=O)cc1. The molecule has 9 heteroatoms. The maximum absolute atomic E-state index is 12.8. The van der Waals surface area contributed by atoms with Crippen LogP contribution in [0.2, 0.25) is 10.0 Å². The van der Waals surface area contributed by atoms with E-state index < -0.39 is 22.0 Å². The summed E-state index contributed by atoms with van der Waals surface area (Å²) in [5, 5.41) is 3.33. The summed E-state index contributed by atoms with van der Waals surface area (Å²) in [5.74, 6) is 0.262. The Morgan fingerprint density at radius 2 is 1.68 bits per heavy atom. The third kappa shape index (κ3) is 5.31. The molecule has 1 amide bonds. The van der Waals surface area contributed by atoms with Crippen LogP contribution in [0, 0.1) is 0 Å². The molecule has 0 unspecified atom stereocenters. The van der Waals surface area contributed by atoms with E-state index in [1.54, 1.807) is 19.2 Å². The van der Waals surface area contributed by atoms with Crippen LogP contribution in [0.4, 0.5) is 5.69 Å². The quantitative estimate of drug-likeness (QED) is 0.698. The Morgan fingerprint density at radius 3 is 2.18 bits per heavy atom. The van der Waals surface area contributed by atoms with Crippen LogP contribution in [-0.2, 0) is 14.8 Å². The molecule has 0 bridgehead atoms. The van der Waals surface area contributed by atoms with Gasteiger partial charge in [-0.3, -0.25) is 9.10 Å². The summed E-state index contributed by atoms with van der Waals surface area (Å²) in [7, 11) is -2.17. The molecule has 0 heterocycles. The van der Waals surface area contributed by atoms with Gasteiger partial charge in [0.25, 0.3) is 0 Å². The van der Waals surface area contributed by atoms with E-state index in [9.17, 15) is 13.2 Å². The Morgan fingerprint density at radius 1 is 1.07 bits per heavy atom. The number of hydrogen-bond acceptors (Lipinski definition) is 4. The first-order chi connectivity index (χ1) is 13.0. The highest BCUT2D eigenvalue weighted by atomic mass is 35.5. The fourth-order valence-corrected chi connectivity index (χ4v) is 4.20. The van der Waals surface area contributed by atoms with Crippen LogP contribution >= 0.6 is 23.2 Å². The molecular formula is C19H22Cl2N2O4S. The monoisotopic (exact) mass is 444 g/mol. The number of amides is 1. The van der Waals surface area contributed by atoms with E-state index in [-0.39, 0.29) is 16.8 Å². The van der Waals surface area contributed by atoms with Crippen molar-refractivity contribution in [2.45, 2.75) is 25.9 Å². The lowest BCUT2D eigenvalue weighted by atomic mass is 10.1. The van der Waals surface area contributed by atoms with Gasteiger partial charge in [-0.15, -0.1) is 0 Å². The molecule has 0 aliphatic carbocycles. The van der Waals surface area contributed by atoms with E-state index >= 15 is 0 Å². The van der Waals surface area contributed by atoms with Crippen LogP contribution in [0.3, 0.4) is 0 Å². The Labute approximate surface area is 175 Å². The van der Waals surface area contributed by atoms with E-state index in [1.165, 1.54) is 25.1 Å². The summed E-state index contributed by atoms with van der Waals surface area (Å²) in [4.78, 5) is 12.8. The number of hydrogen-bond donors (Lipinski definition) is 1. The highest BCUT2D eigenvalue weighted by Crippen LogP contribution is 2.30. The molecule has 2 aromatic carbocycles. The minimum atomic E-state index is -3.75. The van der Waals surface area contributed by atoms with Gasteiger partial charge in [-0.25, -0.2) is 8.42 Å². The lowest BCUT2D eigenvalue weighted by molar-refractivity contribution is -0.122. The lowest BCUT2D eigenvalue weighted by Gasteiger charge is -2.29. The second-order valence-electron chi connectivity index (χ2n) is 6.34. The van der Waals surface area contributed by atoms with Crippen molar-refractivity contribution in [1.29, 1.82) is 0 Å². The average molecular weight is 445 g/mol. The molecule has 0 aliphatic heterocycles. The number of rotatable bonds is 7. The Hall–Kier alpha value is -1.96. The van der Waals surface area contributed by atoms with Crippen molar-refractivity contribution in [2.24, 2.45) is 0 Å². The third-order valence-corrected chi connectivity index (χ3v) is 6.20. The number of carbonyl (C=O) groups excluding carboxylic acids is 1.